The highest BCUT2D eigenvalue weighted by molar-refractivity contribution is 6.30. The molecule has 0 fully saturated rings. The summed E-state index contributed by atoms with van der Waals surface area (Å²) in [6.07, 6.45) is 1.65. The van der Waals surface area contributed by atoms with Gasteiger partial charge in [-0.2, -0.15) is 4.98 Å². The maximum Gasteiger partial charge on any atom is 0.316 e. The number of nitrogens with one attached hydrogen (secondary N) is 1. The number of benzene rings is 2. The lowest BCUT2D eigenvalue weighted by atomic mass is 10.1. The van der Waals surface area contributed by atoms with E-state index in [2.05, 4.69) is 10.3 Å². The van der Waals surface area contributed by atoms with Crippen molar-refractivity contribution in [2.45, 2.75) is 27.3 Å². The molecule has 0 amide bonds. The zero-order valence-corrected chi connectivity index (χ0v) is 17.7. The summed E-state index contributed by atoms with van der Waals surface area (Å²) in [4.78, 5) is 16.5. The first-order chi connectivity index (χ1) is 13.9. The third kappa shape index (κ3) is 4.90. The van der Waals surface area contributed by atoms with E-state index in [0.717, 1.165) is 28.1 Å². The summed E-state index contributed by atoms with van der Waals surface area (Å²) in [6.45, 7) is 6.99. The van der Waals surface area contributed by atoms with Crippen LogP contribution in [0.25, 0.3) is 0 Å². The highest BCUT2D eigenvalue weighted by Crippen LogP contribution is 2.28. The van der Waals surface area contributed by atoms with Gasteiger partial charge in [0.15, 0.2) is 0 Å². The fourth-order valence-electron chi connectivity index (χ4n) is 3.02. The monoisotopic (exact) mass is 413 g/mol. The number of anilines is 2. The van der Waals surface area contributed by atoms with E-state index in [9.17, 15) is 4.79 Å². The Labute approximate surface area is 175 Å². The van der Waals surface area contributed by atoms with E-state index < -0.39 is 5.56 Å². The van der Waals surface area contributed by atoms with Gasteiger partial charge in [-0.05, 0) is 61.7 Å². The Morgan fingerprint density at radius 2 is 1.93 bits per heavy atom. The minimum Gasteiger partial charge on any atom is -0.494 e. The third-order valence-corrected chi connectivity index (χ3v) is 4.73. The summed E-state index contributed by atoms with van der Waals surface area (Å²) in [5.41, 5.74) is 3.38. The van der Waals surface area contributed by atoms with Crippen molar-refractivity contribution >= 4 is 23.2 Å². The summed E-state index contributed by atoms with van der Waals surface area (Å²) in [7, 11) is 1.45. The molecule has 1 N–H and O–H groups in total. The molecule has 0 saturated carbocycles. The number of halogens is 1. The maximum absolute atomic E-state index is 12.3. The largest absolute Gasteiger partial charge is 0.494 e. The Bertz CT molecular complexity index is 1080. The number of nitrogens with zero attached hydrogens (tertiary/aromatic N) is 2. The molecule has 0 atom stereocenters. The van der Waals surface area contributed by atoms with E-state index in [1.165, 1.54) is 7.11 Å². The number of methoxy groups -OCH3 is 1. The standard InChI is InChI=1S/C22H24ClN3O3/c1-5-29-19-10-14(2)18(9-15(19)3)24-22-25-21(27)20(28-4)13-26(22)12-16-7-6-8-17(23)11-16/h6-11,13H,5,12H2,1-4H3,(H,24,25,27). The first-order valence-electron chi connectivity index (χ1n) is 9.32. The normalized spacial score (nSPS) is 10.7. The Balaban J connectivity index is 2.01. The molecule has 29 heavy (non-hydrogen) atoms. The van der Waals surface area contributed by atoms with Gasteiger partial charge < -0.3 is 19.4 Å². The van der Waals surface area contributed by atoms with E-state index in [1.807, 2.05) is 61.7 Å². The SMILES string of the molecule is CCOc1cc(C)c(Nc2nc(=O)c(OC)cn2Cc2cccc(Cl)c2)cc1C. The van der Waals surface area contributed by atoms with E-state index in [-0.39, 0.29) is 5.75 Å². The van der Waals surface area contributed by atoms with Crippen molar-refractivity contribution in [3.05, 3.63) is 74.7 Å². The van der Waals surface area contributed by atoms with Gasteiger partial charge in [-0.1, -0.05) is 23.7 Å². The van der Waals surface area contributed by atoms with Crippen LogP contribution in [-0.4, -0.2) is 23.3 Å². The molecule has 3 aromatic rings. The van der Waals surface area contributed by atoms with Crippen LogP contribution in [0, 0.1) is 13.8 Å². The lowest BCUT2D eigenvalue weighted by Crippen LogP contribution is -2.19. The summed E-state index contributed by atoms with van der Waals surface area (Å²) < 4.78 is 12.7. The molecule has 1 aromatic heterocycles. The molecule has 152 valence electrons. The van der Waals surface area contributed by atoms with Crippen LogP contribution in [0.3, 0.4) is 0 Å². The lowest BCUT2D eigenvalue weighted by Gasteiger charge is -2.18. The smallest absolute Gasteiger partial charge is 0.316 e. The average Bonchev–Trinajstić information content (AvgIpc) is 2.68. The third-order valence-electron chi connectivity index (χ3n) is 4.49. The van der Waals surface area contributed by atoms with E-state index in [1.54, 1.807) is 6.20 Å². The lowest BCUT2D eigenvalue weighted by molar-refractivity contribution is 0.337. The molecule has 0 aliphatic carbocycles. The van der Waals surface area contributed by atoms with Crippen molar-refractivity contribution in [2.75, 3.05) is 19.0 Å². The van der Waals surface area contributed by atoms with Gasteiger partial charge in [0.25, 0.3) is 0 Å². The maximum atomic E-state index is 12.3. The van der Waals surface area contributed by atoms with Crippen LogP contribution in [0.2, 0.25) is 5.02 Å². The molecule has 6 nitrogen and oxygen atoms in total. The number of aromatic nitrogens is 2. The molecule has 7 heteroatoms. The highest BCUT2D eigenvalue weighted by Gasteiger charge is 2.13. The predicted molar refractivity (Wildman–Crippen MR) is 116 cm³/mol. The number of hydrogen-bond donors (Lipinski definition) is 1. The fraction of sp³-hybridized carbons (Fsp3) is 0.273. The fourth-order valence-corrected chi connectivity index (χ4v) is 3.23. The molecule has 0 unspecified atom stereocenters. The van der Waals surface area contributed by atoms with Gasteiger partial charge in [-0.25, -0.2) is 0 Å². The van der Waals surface area contributed by atoms with Crippen LogP contribution in [-0.2, 0) is 6.54 Å². The van der Waals surface area contributed by atoms with Crippen molar-refractivity contribution < 1.29 is 9.47 Å². The van der Waals surface area contributed by atoms with Gasteiger partial charge in [0.2, 0.25) is 11.7 Å². The Morgan fingerprint density at radius 3 is 2.62 bits per heavy atom. The molecule has 3 rings (SSSR count). The molecule has 0 bridgehead atoms. The first-order valence-corrected chi connectivity index (χ1v) is 9.70. The molecule has 0 aliphatic heterocycles. The van der Waals surface area contributed by atoms with Crippen molar-refractivity contribution in [3.63, 3.8) is 0 Å². The minimum atomic E-state index is -0.433. The zero-order valence-electron chi connectivity index (χ0n) is 17.0. The quantitative estimate of drug-likeness (QED) is 0.607. The molecule has 0 saturated heterocycles. The molecule has 1 heterocycles. The topological polar surface area (TPSA) is 65.4 Å². The highest BCUT2D eigenvalue weighted by atomic mass is 35.5. The number of hydrogen-bond acceptors (Lipinski definition) is 5. The summed E-state index contributed by atoms with van der Waals surface area (Å²) in [6, 6.07) is 11.5. The zero-order chi connectivity index (χ0) is 21.0. The van der Waals surface area contributed by atoms with Crippen molar-refractivity contribution in [3.8, 4) is 11.5 Å². The van der Waals surface area contributed by atoms with Crippen LogP contribution in [0.5, 0.6) is 11.5 Å². The van der Waals surface area contributed by atoms with Gasteiger partial charge in [-0.3, -0.25) is 4.79 Å². The molecule has 0 radical (unpaired) electrons. The van der Waals surface area contributed by atoms with E-state index >= 15 is 0 Å². The van der Waals surface area contributed by atoms with Crippen LogP contribution in [0.1, 0.15) is 23.6 Å². The second kappa shape index (κ2) is 9.01. The summed E-state index contributed by atoms with van der Waals surface area (Å²) in [5, 5.41) is 3.93. The van der Waals surface area contributed by atoms with E-state index in [0.29, 0.717) is 24.1 Å². The van der Waals surface area contributed by atoms with Gasteiger partial charge in [0, 0.05) is 10.7 Å². The molecule has 2 aromatic carbocycles. The number of aryl methyl sites for hydroxylation is 2. The van der Waals surface area contributed by atoms with Crippen molar-refractivity contribution in [2.24, 2.45) is 0 Å². The van der Waals surface area contributed by atoms with Crippen LogP contribution < -0.4 is 20.3 Å². The average molecular weight is 414 g/mol. The van der Waals surface area contributed by atoms with Gasteiger partial charge in [-0.15, -0.1) is 0 Å². The van der Waals surface area contributed by atoms with Crippen LogP contribution >= 0.6 is 11.6 Å². The van der Waals surface area contributed by atoms with Crippen LogP contribution in [0.4, 0.5) is 11.6 Å². The summed E-state index contributed by atoms with van der Waals surface area (Å²) in [5.74, 6) is 1.44. The molecular formula is C22H24ClN3O3. The Hall–Kier alpha value is -2.99. The van der Waals surface area contributed by atoms with Crippen molar-refractivity contribution in [1.29, 1.82) is 0 Å². The van der Waals surface area contributed by atoms with Gasteiger partial charge in [0.05, 0.1) is 26.5 Å². The second-order valence-electron chi connectivity index (χ2n) is 6.69. The minimum absolute atomic E-state index is 0.178. The summed E-state index contributed by atoms with van der Waals surface area (Å²) >= 11 is 6.12. The molecule has 0 spiro atoms. The number of ether oxygens (including phenoxy) is 2. The van der Waals surface area contributed by atoms with E-state index in [4.69, 9.17) is 21.1 Å². The molecule has 0 aliphatic rings. The predicted octanol–water partition coefficient (Wildman–Crippen LogP) is 4.71. The Kier molecular flexibility index (Phi) is 6.44. The first kappa shape index (κ1) is 20.7. The Morgan fingerprint density at radius 1 is 1.14 bits per heavy atom. The van der Waals surface area contributed by atoms with Gasteiger partial charge in [0.1, 0.15) is 5.75 Å². The molecular weight excluding hydrogens is 390 g/mol. The van der Waals surface area contributed by atoms with Crippen LogP contribution in [0.15, 0.2) is 47.4 Å². The second-order valence-corrected chi connectivity index (χ2v) is 7.12. The number of rotatable bonds is 7. The van der Waals surface area contributed by atoms with Gasteiger partial charge >= 0.3 is 5.56 Å². The van der Waals surface area contributed by atoms with Crippen molar-refractivity contribution in [1.82, 2.24) is 9.55 Å².